The number of anilines is 2. The molecule has 0 amide bonds. The first kappa shape index (κ1) is 13.4. The van der Waals surface area contributed by atoms with E-state index in [-0.39, 0.29) is 5.82 Å². The molecule has 0 fully saturated rings. The Bertz CT molecular complexity index is 552. The number of nitrogen functional groups attached to an aromatic ring is 1. The number of halogens is 1. The van der Waals surface area contributed by atoms with Gasteiger partial charge in [-0.3, -0.25) is 0 Å². The van der Waals surface area contributed by atoms with Gasteiger partial charge < -0.3 is 11.1 Å². The van der Waals surface area contributed by atoms with Crippen LogP contribution in [0, 0.1) is 5.82 Å². The molecule has 2 aromatic rings. The molecule has 2 rings (SSSR count). The van der Waals surface area contributed by atoms with Crippen LogP contribution in [0.15, 0.2) is 42.5 Å². The average Bonchev–Trinajstić information content (AvgIpc) is 2.41. The van der Waals surface area contributed by atoms with Gasteiger partial charge in [0.05, 0.1) is 0 Å². The van der Waals surface area contributed by atoms with E-state index in [0.717, 1.165) is 35.5 Å². The maximum Gasteiger partial charge on any atom is 0.125 e. The Balaban J connectivity index is 2.26. The van der Waals surface area contributed by atoms with Crippen molar-refractivity contribution in [3.05, 3.63) is 59.4 Å². The Morgan fingerprint density at radius 3 is 2.63 bits per heavy atom. The van der Waals surface area contributed by atoms with Crippen LogP contribution >= 0.6 is 0 Å². The zero-order chi connectivity index (χ0) is 13.7. The first-order valence-corrected chi connectivity index (χ1v) is 6.56. The highest BCUT2D eigenvalue weighted by Crippen LogP contribution is 2.23. The van der Waals surface area contributed by atoms with Crippen molar-refractivity contribution >= 4 is 11.4 Å². The van der Waals surface area contributed by atoms with Crippen molar-refractivity contribution in [2.75, 3.05) is 17.6 Å². The van der Waals surface area contributed by atoms with E-state index in [1.54, 1.807) is 6.07 Å². The van der Waals surface area contributed by atoms with Crippen LogP contribution in [0.2, 0.25) is 0 Å². The highest BCUT2D eigenvalue weighted by atomic mass is 19.1. The second-order valence-electron chi connectivity index (χ2n) is 4.60. The largest absolute Gasteiger partial charge is 0.398 e. The summed E-state index contributed by atoms with van der Waals surface area (Å²) in [5.74, 6) is -0.219. The van der Waals surface area contributed by atoms with Gasteiger partial charge in [-0.2, -0.15) is 0 Å². The van der Waals surface area contributed by atoms with Crippen molar-refractivity contribution in [3.63, 3.8) is 0 Å². The molecule has 3 heteroatoms. The molecule has 0 saturated carbocycles. The molecule has 0 bridgehead atoms. The summed E-state index contributed by atoms with van der Waals surface area (Å²) in [4.78, 5) is 0. The maximum absolute atomic E-state index is 13.3. The van der Waals surface area contributed by atoms with Crippen LogP contribution in [0.1, 0.15) is 24.5 Å². The molecule has 0 aliphatic carbocycles. The molecule has 3 N–H and O–H groups in total. The molecule has 2 nitrogen and oxygen atoms in total. The SMILES string of the molecule is CCCNc1cc(F)ccc1Cc1ccccc1N. The van der Waals surface area contributed by atoms with E-state index in [2.05, 4.69) is 12.2 Å². The molecular weight excluding hydrogens is 239 g/mol. The van der Waals surface area contributed by atoms with E-state index in [1.165, 1.54) is 6.07 Å². The van der Waals surface area contributed by atoms with Crippen molar-refractivity contribution in [3.8, 4) is 0 Å². The highest BCUT2D eigenvalue weighted by molar-refractivity contribution is 5.56. The van der Waals surface area contributed by atoms with Gasteiger partial charge in [-0.25, -0.2) is 4.39 Å². The van der Waals surface area contributed by atoms with Crippen molar-refractivity contribution in [1.82, 2.24) is 0 Å². The highest BCUT2D eigenvalue weighted by Gasteiger charge is 2.06. The lowest BCUT2D eigenvalue weighted by molar-refractivity contribution is 0.627. The minimum atomic E-state index is -0.219. The third-order valence-corrected chi connectivity index (χ3v) is 3.07. The van der Waals surface area contributed by atoms with E-state index >= 15 is 0 Å². The second kappa shape index (κ2) is 6.23. The quantitative estimate of drug-likeness (QED) is 0.800. The molecule has 0 atom stereocenters. The van der Waals surface area contributed by atoms with Gasteiger partial charge in [0.25, 0.3) is 0 Å². The van der Waals surface area contributed by atoms with Crippen LogP contribution in [0.3, 0.4) is 0 Å². The van der Waals surface area contributed by atoms with Gasteiger partial charge in [0.15, 0.2) is 0 Å². The van der Waals surface area contributed by atoms with Crippen LogP contribution in [0.4, 0.5) is 15.8 Å². The Kier molecular flexibility index (Phi) is 4.39. The summed E-state index contributed by atoms with van der Waals surface area (Å²) in [7, 11) is 0. The standard InChI is InChI=1S/C16H19FN2/c1-2-9-19-16-11-14(17)8-7-13(16)10-12-5-3-4-6-15(12)18/h3-8,11,19H,2,9-10,18H2,1H3. The Hall–Kier alpha value is -2.03. The van der Waals surface area contributed by atoms with Gasteiger partial charge in [-0.15, -0.1) is 0 Å². The van der Waals surface area contributed by atoms with Crippen LogP contribution in [-0.2, 0) is 6.42 Å². The number of rotatable bonds is 5. The fourth-order valence-electron chi connectivity index (χ4n) is 2.03. The summed E-state index contributed by atoms with van der Waals surface area (Å²) in [5.41, 5.74) is 9.70. The number of para-hydroxylation sites is 1. The summed E-state index contributed by atoms with van der Waals surface area (Å²) in [5, 5.41) is 3.26. The number of benzene rings is 2. The molecule has 2 aromatic carbocycles. The molecule has 0 aliphatic rings. The lowest BCUT2D eigenvalue weighted by Crippen LogP contribution is -2.05. The van der Waals surface area contributed by atoms with Gasteiger partial charge in [0.1, 0.15) is 5.82 Å². The minimum absolute atomic E-state index is 0.219. The zero-order valence-electron chi connectivity index (χ0n) is 11.1. The number of nitrogens with one attached hydrogen (secondary N) is 1. The molecule has 0 aromatic heterocycles. The summed E-state index contributed by atoms with van der Waals surface area (Å²) in [6.45, 7) is 2.92. The predicted molar refractivity (Wildman–Crippen MR) is 78.8 cm³/mol. The lowest BCUT2D eigenvalue weighted by Gasteiger charge is -2.13. The van der Waals surface area contributed by atoms with E-state index in [9.17, 15) is 4.39 Å². The van der Waals surface area contributed by atoms with Crippen molar-refractivity contribution in [1.29, 1.82) is 0 Å². The molecule has 0 spiro atoms. The molecular formula is C16H19FN2. The van der Waals surface area contributed by atoms with Crippen LogP contribution in [0.25, 0.3) is 0 Å². The number of hydrogen-bond acceptors (Lipinski definition) is 2. The van der Waals surface area contributed by atoms with Crippen molar-refractivity contribution < 1.29 is 4.39 Å². The lowest BCUT2D eigenvalue weighted by atomic mass is 10.0. The molecule has 0 unspecified atom stereocenters. The van der Waals surface area contributed by atoms with E-state index in [4.69, 9.17) is 5.73 Å². The smallest absolute Gasteiger partial charge is 0.125 e. The Morgan fingerprint density at radius 2 is 1.89 bits per heavy atom. The molecule has 0 heterocycles. The molecule has 0 radical (unpaired) electrons. The molecule has 0 saturated heterocycles. The zero-order valence-corrected chi connectivity index (χ0v) is 11.1. The van der Waals surface area contributed by atoms with E-state index in [0.29, 0.717) is 6.42 Å². The van der Waals surface area contributed by atoms with E-state index < -0.39 is 0 Å². The number of hydrogen-bond donors (Lipinski definition) is 2. The summed E-state index contributed by atoms with van der Waals surface area (Å²) >= 11 is 0. The molecule has 19 heavy (non-hydrogen) atoms. The Labute approximate surface area is 113 Å². The van der Waals surface area contributed by atoms with Gasteiger partial charge in [0.2, 0.25) is 0 Å². The van der Waals surface area contributed by atoms with Gasteiger partial charge in [0, 0.05) is 24.3 Å². The van der Waals surface area contributed by atoms with Gasteiger partial charge >= 0.3 is 0 Å². The fraction of sp³-hybridized carbons (Fsp3) is 0.250. The second-order valence-corrected chi connectivity index (χ2v) is 4.60. The molecule has 100 valence electrons. The van der Waals surface area contributed by atoms with Crippen molar-refractivity contribution in [2.45, 2.75) is 19.8 Å². The van der Waals surface area contributed by atoms with Gasteiger partial charge in [-0.05, 0) is 35.7 Å². The summed E-state index contributed by atoms with van der Waals surface area (Å²) in [6.07, 6.45) is 1.71. The average molecular weight is 258 g/mol. The normalized spacial score (nSPS) is 10.4. The third-order valence-electron chi connectivity index (χ3n) is 3.07. The van der Waals surface area contributed by atoms with Crippen LogP contribution < -0.4 is 11.1 Å². The van der Waals surface area contributed by atoms with Crippen LogP contribution in [-0.4, -0.2) is 6.54 Å². The minimum Gasteiger partial charge on any atom is -0.398 e. The predicted octanol–water partition coefficient (Wildman–Crippen LogP) is 3.82. The topological polar surface area (TPSA) is 38.0 Å². The Morgan fingerprint density at radius 1 is 1.11 bits per heavy atom. The van der Waals surface area contributed by atoms with Gasteiger partial charge in [-0.1, -0.05) is 31.2 Å². The van der Waals surface area contributed by atoms with Crippen LogP contribution in [0.5, 0.6) is 0 Å². The third kappa shape index (κ3) is 3.47. The first-order valence-electron chi connectivity index (χ1n) is 6.56. The number of nitrogens with two attached hydrogens (primary N) is 1. The summed E-state index contributed by atoms with van der Waals surface area (Å²) < 4.78 is 13.3. The molecule has 0 aliphatic heterocycles. The summed E-state index contributed by atoms with van der Waals surface area (Å²) in [6, 6.07) is 12.6. The van der Waals surface area contributed by atoms with E-state index in [1.807, 2.05) is 30.3 Å². The maximum atomic E-state index is 13.3. The first-order chi connectivity index (χ1) is 9.20. The fourth-order valence-corrected chi connectivity index (χ4v) is 2.03. The van der Waals surface area contributed by atoms with Crippen molar-refractivity contribution in [2.24, 2.45) is 0 Å². The monoisotopic (exact) mass is 258 g/mol.